The maximum Gasteiger partial charge on any atom is 0.264 e. The van der Waals surface area contributed by atoms with Crippen molar-refractivity contribution in [3.63, 3.8) is 0 Å². The minimum atomic E-state index is -0.192. The van der Waals surface area contributed by atoms with Crippen molar-refractivity contribution in [2.24, 2.45) is 0 Å². The van der Waals surface area contributed by atoms with E-state index in [0.29, 0.717) is 0 Å². The SMILES string of the molecule is CCCCn1cc(-c2ccc(=O)[nH]n2)cn1. The number of aromatic amines is 1. The summed E-state index contributed by atoms with van der Waals surface area (Å²) in [6.45, 7) is 3.06. The maximum atomic E-state index is 10.9. The largest absolute Gasteiger partial charge is 0.272 e. The average Bonchev–Trinajstić information content (AvgIpc) is 2.76. The second-order valence-corrected chi connectivity index (χ2v) is 3.65. The highest BCUT2D eigenvalue weighted by molar-refractivity contribution is 5.55. The quantitative estimate of drug-likeness (QED) is 0.844. The summed E-state index contributed by atoms with van der Waals surface area (Å²) in [4.78, 5) is 10.9. The topological polar surface area (TPSA) is 63.6 Å². The molecule has 2 heterocycles. The van der Waals surface area contributed by atoms with Crippen molar-refractivity contribution in [1.29, 1.82) is 0 Å². The lowest BCUT2D eigenvalue weighted by molar-refractivity contribution is 0.572. The van der Waals surface area contributed by atoms with Crippen LogP contribution in [0.3, 0.4) is 0 Å². The third kappa shape index (κ3) is 2.36. The number of aryl methyl sites for hydroxylation is 1. The first-order chi connectivity index (χ1) is 7.79. The van der Waals surface area contributed by atoms with Crippen LogP contribution in [0, 0.1) is 0 Å². The van der Waals surface area contributed by atoms with Gasteiger partial charge in [-0.15, -0.1) is 0 Å². The third-order valence-corrected chi connectivity index (χ3v) is 2.35. The van der Waals surface area contributed by atoms with Crippen LogP contribution in [-0.4, -0.2) is 20.0 Å². The second-order valence-electron chi connectivity index (χ2n) is 3.65. The highest BCUT2D eigenvalue weighted by atomic mass is 16.1. The summed E-state index contributed by atoms with van der Waals surface area (Å²) >= 11 is 0. The predicted octanol–water partition coefficient (Wildman–Crippen LogP) is 1.43. The van der Waals surface area contributed by atoms with E-state index in [2.05, 4.69) is 22.2 Å². The van der Waals surface area contributed by atoms with Crippen LogP contribution in [0.2, 0.25) is 0 Å². The van der Waals surface area contributed by atoms with E-state index in [9.17, 15) is 4.79 Å². The molecule has 5 nitrogen and oxygen atoms in total. The lowest BCUT2D eigenvalue weighted by atomic mass is 10.2. The Morgan fingerprint density at radius 3 is 3.00 bits per heavy atom. The molecule has 1 N–H and O–H groups in total. The number of nitrogens with one attached hydrogen (secondary N) is 1. The number of hydrogen-bond acceptors (Lipinski definition) is 3. The van der Waals surface area contributed by atoms with E-state index in [0.717, 1.165) is 30.6 Å². The molecule has 2 rings (SSSR count). The van der Waals surface area contributed by atoms with E-state index in [1.165, 1.54) is 6.07 Å². The van der Waals surface area contributed by atoms with E-state index in [1.807, 2.05) is 10.9 Å². The number of nitrogens with zero attached hydrogens (tertiary/aromatic N) is 3. The second kappa shape index (κ2) is 4.74. The molecule has 0 aliphatic rings. The van der Waals surface area contributed by atoms with E-state index >= 15 is 0 Å². The van der Waals surface area contributed by atoms with Gasteiger partial charge in [0.2, 0.25) is 0 Å². The monoisotopic (exact) mass is 218 g/mol. The van der Waals surface area contributed by atoms with Gasteiger partial charge >= 0.3 is 0 Å². The molecule has 84 valence electrons. The van der Waals surface area contributed by atoms with Crippen molar-refractivity contribution in [3.05, 3.63) is 34.9 Å². The highest BCUT2D eigenvalue weighted by Gasteiger charge is 2.02. The first-order valence-electron chi connectivity index (χ1n) is 5.38. The van der Waals surface area contributed by atoms with Crippen LogP contribution in [0.4, 0.5) is 0 Å². The molecule has 2 aromatic rings. The van der Waals surface area contributed by atoms with Crippen LogP contribution in [0.1, 0.15) is 19.8 Å². The summed E-state index contributed by atoms with van der Waals surface area (Å²) in [5, 5.41) is 10.6. The van der Waals surface area contributed by atoms with Gasteiger partial charge in [0.25, 0.3) is 5.56 Å². The molecular weight excluding hydrogens is 204 g/mol. The van der Waals surface area contributed by atoms with Crippen LogP contribution in [0.5, 0.6) is 0 Å². The minimum absolute atomic E-state index is 0.192. The van der Waals surface area contributed by atoms with Crippen LogP contribution in [0.15, 0.2) is 29.3 Å². The van der Waals surface area contributed by atoms with Gasteiger partial charge in [-0.2, -0.15) is 10.2 Å². The van der Waals surface area contributed by atoms with Gasteiger partial charge in [-0.1, -0.05) is 13.3 Å². The fourth-order valence-electron chi connectivity index (χ4n) is 1.44. The molecule has 0 atom stereocenters. The van der Waals surface area contributed by atoms with Gasteiger partial charge in [0, 0.05) is 24.4 Å². The third-order valence-electron chi connectivity index (χ3n) is 2.35. The molecule has 0 aromatic carbocycles. The van der Waals surface area contributed by atoms with Crippen LogP contribution in [0.25, 0.3) is 11.3 Å². The molecule has 0 aliphatic heterocycles. The highest BCUT2D eigenvalue weighted by Crippen LogP contribution is 2.13. The van der Waals surface area contributed by atoms with Gasteiger partial charge in [0.15, 0.2) is 0 Å². The number of rotatable bonds is 4. The normalized spacial score (nSPS) is 10.6. The smallest absolute Gasteiger partial charge is 0.264 e. The zero-order valence-corrected chi connectivity index (χ0v) is 9.18. The van der Waals surface area contributed by atoms with Crippen molar-refractivity contribution < 1.29 is 0 Å². The molecule has 0 fully saturated rings. The van der Waals surface area contributed by atoms with Crippen molar-refractivity contribution >= 4 is 0 Å². The zero-order chi connectivity index (χ0) is 11.4. The molecule has 0 spiro atoms. The molecule has 0 radical (unpaired) electrons. The number of H-pyrrole nitrogens is 1. The summed E-state index contributed by atoms with van der Waals surface area (Å²) in [6.07, 6.45) is 5.96. The number of unbranched alkanes of at least 4 members (excludes halogenated alkanes) is 1. The Bertz CT molecular complexity index is 494. The fraction of sp³-hybridized carbons (Fsp3) is 0.364. The zero-order valence-electron chi connectivity index (χ0n) is 9.18. The van der Waals surface area contributed by atoms with Gasteiger partial charge in [-0.25, -0.2) is 5.10 Å². The van der Waals surface area contributed by atoms with E-state index in [1.54, 1.807) is 12.3 Å². The van der Waals surface area contributed by atoms with Gasteiger partial charge in [0.05, 0.1) is 11.9 Å². The van der Waals surface area contributed by atoms with Crippen LogP contribution >= 0.6 is 0 Å². The van der Waals surface area contributed by atoms with Gasteiger partial charge in [0.1, 0.15) is 0 Å². The Balaban J connectivity index is 2.18. The Hall–Kier alpha value is -1.91. The molecular formula is C11H14N4O. The molecule has 2 aromatic heterocycles. The van der Waals surface area contributed by atoms with Gasteiger partial charge in [-0.3, -0.25) is 9.48 Å². The standard InChI is InChI=1S/C11H14N4O/c1-2-3-6-15-8-9(7-12-15)10-4-5-11(16)14-13-10/h4-5,7-8H,2-3,6H2,1H3,(H,14,16). The molecule has 5 heteroatoms. The molecule has 0 amide bonds. The minimum Gasteiger partial charge on any atom is -0.272 e. The molecule has 0 bridgehead atoms. The Labute approximate surface area is 93.1 Å². The predicted molar refractivity (Wildman–Crippen MR) is 61.0 cm³/mol. The Morgan fingerprint density at radius 2 is 2.31 bits per heavy atom. The van der Waals surface area contributed by atoms with E-state index < -0.39 is 0 Å². The Morgan fingerprint density at radius 1 is 1.44 bits per heavy atom. The molecule has 0 aliphatic carbocycles. The van der Waals surface area contributed by atoms with Crippen LogP contribution in [-0.2, 0) is 6.54 Å². The van der Waals surface area contributed by atoms with Crippen molar-refractivity contribution in [2.45, 2.75) is 26.3 Å². The van der Waals surface area contributed by atoms with Crippen LogP contribution < -0.4 is 5.56 Å². The lowest BCUT2D eigenvalue weighted by Gasteiger charge is -1.97. The number of hydrogen-bond donors (Lipinski definition) is 1. The van der Waals surface area contributed by atoms with Crippen molar-refractivity contribution in [3.8, 4) is 11.3 Å². The first-order valence-corrected chi connectivity index (χ1v) is 5.38. The summed E-state index contributed by atoms with van der Waals surface area (Å²) in [6, 6.07) is 3.16. The first kappa shape index (κ1) is 10.6. The molecule has 0 unspecified atom stereocenters. The fourth-order valence-corrected chi connectivity index (χ4v) is 1.44. The molecule has 0 saturated carbocycles. The summed E-state index contributed by atoms with van der Waals surface area (Å²) in [5.41, 5.74) is 1.47. The summed E-state index contributed by atoms with van der Waals surface area (Å²) < 4.78 is 1.89. The number of aromatic nitrogens is 4. The maximum absolute atomic E-state index is 10.9. The average molecular weight is 218 g/mol. The van der Waals surface area contributed by atoms with Crippen molar-refractivity contribution in [2.75, 3.05) is 0 Å². The Kier molecular flexibility index (Phi) is 3.14. The van der Waals surface area contributed by atoms with Crippen molar-refractivity contribution in [1.82, 2.24) is 20.0 Å². The van der Waals surface area contributed by atoms with Gasteiger partial charge < -0.3 is 0 Å². The summed E-state index contributed by atoms with van der Waals surface area (Å²) in [5.74, 6) is 0. The van der Waals surface area contributed by atoms with E-state index in [-0.39, 0.29) is 5.56 Å². The molecule has 0 saturated heterocycles. The summed E-state index contributed by atoms with van der Waals surface area (Å²) in [7, 11) is 0. The molecule has 16 heavy (non-hydrogen) atoms. The van der Waals surface area contributed by atoms with Gasteiger partial charge in [-0.05, 0) is 12.5 Å². The van der Waals surface area contributed by atoms with E-state index in [4.69, 9.17) is 0 Å². The lowest BCUT2D eigenvalue weighted by Crippen LogP contribution is -2.05.